The molecule has 1 aromatic heterocycles. The van der Waals surface area contributed by atoms with Gasteiger partial charge in [-0.2, -0.15) is 10.4 Å². The minimum absolute atomic E-state index is 0.135. The third-order valence-electron chi connectivity index (χ3n) is 2.31. The van der Waals surface area contributed by atoms with Crippen molar-refractivity contribution in [3.05, 3.63) is 42.0 Å². The number of terminal acetylenes is 1. The van der Waals surface area contributed by atoms with Gasteiger partial charge in [0.1, 0.15) is 12.4 Å². The summed E-state index contributed by atoms with van der Waals surface area (Å²) in [7, 11) is 0. The highest BCUT2D eigenvalue weighted by Crippen LogP contribution is 2.23. The maximum atomic E-state index is 13.6. The Morgan fingerprint density at radius 3 is 3.00 bits per heavy atom. The molecule has 0 aliphatic rings. The Balaban J connectivity index is 2.45. The van der Waals surface area contributed by atoms with E-state index in [4.69, 9.17) is 11.7 Å². The number of aromatic nitrogens is 2. The van der Waals surface area contributed by atoms with E-state index in [1.54, 1.807) is 18.3 Å². The molecule has 0 aliphatic carbocycles. The van der Waals surface area contributed by atoms with Crippen molar-refractivity contribution in [3.8, 4) is 29.5 Å². The second kappa shape index (κ2) is 4.51. The summed E-state index contributed by atoms with van der Waals surface area (Å²) in [6.45, 7) is 0.135. The van der Waals surface area contributed by atoms with Gasteiger partial charge in [-0.05, 0) is 18.2 Å². The Morgan fingerprint density at radius 1 is 1.47 bits per heavy atom. The van der Waals surface area contributed by atoms with Crippen molar-refractivity contribution in [2.24, 2.45) is 0 Å². The maximum absolute atomic E-state index is 13.6. The molecule has 1 heterocycles. The Labute approximate surface area is 98.1 Å². The number of halogens is 1. The van der Waals surface area contributed by atoms with Gasteiger partial charge in [-0.15, -0.1) is 6.42 Å². The summed E-state index contributed by atoms with van der Waals surface area (Å²) < 4.78 is 15.1. The topological polar surface area (TPSA) is 41.6 Å². The fourth-order valence-electron chi connectivity index (χ4n) is 1.50. The zero-order valence-electron chi connectivity index (χ0n) is 8.89. The molecule has 4 heteroatoms. The van der Waals surface area contributed by atoms with Crippen LogP contribution in [0.15, 0.2) is 30.6 Å². The number of hydrogen-bond acceptors (Lipinski definition) is 2. The lowest BCUT2D eigenvalue weighted by Gasteiger charge is -2.00. The average molecular weight is 225 g/mol. The molecular formula is C13H8FN3. The molecule has 82 valence electrons. The molecule has 3 nitrogen and oxygen atoms in total. The summed E-state index contributed by atoms with van der Waals surface area (Å²) in [5.74, 6) is 2.09. The van der Waals surface area contributed by atoms with Crippen molar-refractivity contribution in [1.82, 2.24) is 9.78 Å². The first-order chi connectivity index (χ1) is 8.24. The fourth-order valence-corrected chi connectivity index (χ4v) is 1.50. The summed E-state index contributed by atoms with van der Waals surface area (Å²) >= 11 is 0. The molecule has 0 spiro atoms. The quantitative estimate of drug-likeness (QED) is 0.735. The Hall–Kier alpha value is -2.59. The molecule has 0 fully saturated rings. The Kier molecular flexibility index (Phi) is 2.89. The third-order valence-corrected chi connectivity index (χ3v) is 2.31. The van der Waals surface area contributed by atoms with Crippen molar-refractivity contribution in [2.75, 3.05) is 0 Å². The second-order valence-corrected chi connectivity index (χ2v) is 3.42. The highest BCUT2D eigenvalue weighted by atomic mass is 19.1. The lowest BCUT2D eigenvalue weighted by Crippen LogP contribution is -1.94. The molecular weight excluding hydrogens is 217 g/mol. The van der Waals surface area contributed by atoms with E-state index < -0.39 is 0 Å². The predicted octanol–water partition coefficient (Wildman–Crippen LogP) is 2.19. The van der Waals surface area contributed by atoms with Crippen LogP contribution >= 0.6 is 0 Å². The normalized spacial score (nSPS) is 9.59. The van der Waals surface area contributed by atoms with Crippen LogP contribution in [-0.4, -0.2) is 9.78 Å². The lowest BCUT2D eigenvalue weighted by molar-refractivity contribution is 0.631. The summed E-state index contributed by atoms with van der Waals surface area (Å²) in [4.78, 5) is 0. The van der Waals surface area contributed by atoms with Crippen LogP contribution in [0, 0.1) is 29.5 Å². The number of benzene rings is 1. The van der Waals surface area contributed by atoms with Crippen LogP contribution in [0.2, 0.25) is 0 Å². The van der Waals surface area contributed by atoms with Crippen LogP contribution in [0.25, 0.3) is 11.1 Å². The summed E-state index contributed by atoms with van der Waals surface area (Å²) in [6, 6.07) is 6.41. The van der Waals surface area contributed by atoms with Gasteiger partial charge >= 0.3 is 0 Å². The first kappa shape index (κ1) is 10.9. The van der Waals surface area contributed by atoms with E-state index in [9.17, 15) is 4.39 Å². The van der Waals surface area contributed by atoms with Gasteiger partial charge in [0.05, 0.1) is 12.3 Å². The van der Waals surface area contributed by atoms with Crippen LogP contribution in [0.3, 0.4) is 0 Å². The molecule has 0 saturated heterocycles. The third kappa shape index (κ3) is 2.16. The highest BCUT2D eigenvalue weighted by molar-refractivity contribution is 5.64. The van der Waals surface area contributed by atoms with Gasteiger partial charge in [-0.1, -0.05) is 5.92 Å². The monoisotopic (exact) mass is 225 g/mol. The molecule has 17 heavy (non-hydrogen) atoms. The summed E-state index contributed by atoms with van der Waals surface area (Å²) in [6.07, 6.45) is 8.39. The number of nitrogens with zero attached hydrogens (tertiary/aromatic N) is 3. The smallest absolute Gasteiger partial charge is 0.131 e. The largest absolute Gasteiger partial charge is 0.258 e. The molecule has 0 radical (unpaired) electrons. The first-order valence-electron chi connectivity index (χ1n) is 4.90. The van der Waals surface area contributed by atoms with E-state index in [2.05, 4.69) is 11.0 Å². The average Bonchev–Trinajstić information content (AvgIpc) is 2.79. The van der Waals surface area contributed by atoms with Crippen LogP contribution in [0.5, 0.6) is 0 Å². The summed E-state index contributed by atoms with van der Waals surface area (Å²) in [5.41, 5.74) is 1.61. The Morgan fingerprint density at radius 2 is 2.29 bits per heavy atom. The molecule has 2 rings (SSSR count). The molecule has 0 N–H and O–H groups in total. The fraction of sp³-hybridized carbons (Fsp3) is 0.0769. The van der Waals surface area contributed by atoms with E-state index >= 15 is 0 Å². The maximum Gasteiger partial charge on any atom is 0.131 e. The SMILES string of the molecule is C#Cc1ccc(F)c(-c2cnn(CC#N)c2)c1. The van der Waals surface area contributed by atoms with E-state index in [0.29, 0.717) is 16.7 Å². The van der Waals surface area contributed by atoms with E-state index in [0.717, 1.165) is 0 Å². The Bertz CT molecular complexity index is 629. The van der Waals surface area contributed by atoms with Crippen LogP contribution < -0.4 is 0 Å². The molecule has 0 unspecified atom stereocenters. The van der Waals surface area contributed by atoms with E-state index in [1.165, 1.54) is 16.9 Å². The van der Waals surface area contributed by atoms with Crippen molar-refractivity contribution in [1.29, 1.82) is 5.26 Å². The molecule has 0 amide bonds. The molecule has 2 aromatic rings. The molecule has 0 saturated carbocycles. The number of hydrogen-bond donors (Lipinski definition) is 0. The zero-order chi connectivity index (χ0) is 12.3. The zero-order valence-corrected chi connectivity index (χ0v) is 8.89. The predicted molar refractivity (Wildman–Crippen MR) is 61.2 cm³/mol. The molecule has 1 aromatic carbocycles. The van der Waals surface area contributed by atoms with Gasteiger partial charge in [-0.3, -0.25) is 4.68 Å². The van der Waals surface area contributed by atoms with Crippen LogP contribution in [-0.2, 0) is 6.54 Å². The first-order valence-corrected chi connectivity index (χ1v) is 4.90. The lowest BCUT2D eigenvalue weighted by atomic mass is 10.1. The van der Waals surface area contributed by atoms with Crippen molar-refractivity contribution in [2.45, 2.75) is 6.54 Å². The second-order valence-electron chi connectivity index (χ2n) is 3.42. The standard InChI is InChI=1S/C13H8FN3/c1-2-10-3-4-13(14)12(7-10)11-8-16-17(9-11)6-5-15/h1,3-4,7-9H,6H2. The van der Waals surface area contributed by atoms with Gasteiger partial charge in [0.25, 0.3) is 0 Å². The molecule has 0 atom stereocenters. The van der Waals surface area contributed by atoms with Gasteiger partial charge in [-0.25, -0.2) is 4.39 Å². The molecule has 0 aliphatic heterocycles. The summed E-state index contributed by atoms with van der Waals surface area (Å²) in [5, 5.41) is 12.5. The van der Waals surface area contributed by atoms with E-state index in [-0.39, 0.29) is 12.4 Å². The van der Waals surface area contributed by atoms with Crippen LogP contribution in [0.4, 0.5) is 4.39 Å². The van der Waals surface area contributed by atoms with Gasteiger partial charge in [0.2, 0.25) is 0 Å². The number of nitriles is 1. The van der Waals surface area contributed by atoms with Crippen molar-refractivity contribution < 1.29 is 4.39 Å². The minimum Gasteiger partial charge on any atom is -0.258 e. The van der Waals surface area contributed by atoms with E-state index in [1.807, 2.05) is 6.07 Å². The minimum atomic E-state index is -0.361. The van der Waals surface area contributed by atoms with Crippen molar-refractivity contribution in [3.63, 3.8) is 0 Å². The highest BCUT2D eigenvalue weighted by Gasteiger charge is 2.08. The molecule has 0 bridgehead atoms. The van der Waals surface area contributed by atoms with Gasteiger partial charge < -0.3 is 0 Å². The number of rotatable bonds is 2. The van der Waals surface area contributed by atoms with Crippen molar-refractivity contribution >= 4 is 0 Å². The van der Waals surface area contributed by atoms with Gasteiger partial charge in [0.15, 0.2) is 0 Å². The van der Waals surface area contributed by atoms with Crippen LogP contribution in [0.1, 0.15) is 5.56 Å². The van der Waals surface area contributed by atoms with Gasteiger partial charge in [0, 0.05) is 22.9 Å².